The third-order valence-corrected chi connectivity index (χ3v) is 2.57. The molecule has 0 amide bonds. The van der Waals surface area contributed by atoms with Gasteiger partial charge in [0.25, 0.3) is 0 Å². The molecule has 0 unspecified atom stereocenters. The zero-order chi connectivity index (χ0) is 11.5. The van der Waals surface area contributed by atoms with Crippen LogP contribution in [-0.4, -0.2) is 9.55 Å². The van der Waals surface area contributed by atoms with Gasteiger partial charge >= 0.3 is 0 Å². The number of aromatic nitrogens is 2. The predicted molar refractivity (Wildman–Crippen MR) is 61.5 cm³/mol. The first-order chi connectivity index (χ1) is 7.72. The number of nitrogens with zero attached hydrogens (tertiary/aromatic N) is 2. The molecular formula is C12H14FN3. The first-order valence-corrected chi connectivity index (χ1v) is 5.25. The van der Waals surface area contributed by atoms with Crippen molar-refractivity contribution in [2.45, 2.75) is 19.9 Å². The van der Waals surface area contributed by atoms with E-state index in [1.807, 2.05) is 17.7 Å². The second kappa shape index (κ2) is 4.35. The highest BCUT2D eigenvalue weighted by Crippen LogP contribution is 2.16. The van der Waals surface area contributed by atoms with E-state index in [2.05, 4.69) is 4.98 Å². The standard InChI is InChI=1S/C12H14FN3/c1-2-11-15-6-7-16(11)8-9-4-3-5-10(14)12(9)13/h3-7H,2,8,14H2,1H3. The molecule has 2 rings (SSSR count). The molecule has 1 aromatic heterocycles. The summed E-state index contributed by atoms with van der Waals surface area (Å²) in [6.07, 6.45) is 4.40. The predicted octanol–water partition coefficient (Wildman–Crippen LogP) is 2.22. The molecule has 2 N–H and O–H groups in total. The molecule has 0 saturated heterocycles. The smallest absolute Gasteiger partial charge is 0.151 e. The highest BCUT2D eigenvalue weighted by molar-refractivity contribution is 5.42. The van der Waals surface area contributed by atoms with Crippen molar-refractivity contribution in [3.63, 3.8) is 0 Å². The molecule has 84 valence electrons. The second-order valence-corrected chi connectivity index (χ2v) is 3.65. The van der Waals surface area contributed by atoms with Crippen molar-refractivity contribution in [1.29, 1.82) is 0 Å². The van der Waals surface area contributed by atoms with Crippen LogP contribution in [0.15, 0.2) is 30.6 Å². The van der Waals surface area contributed by atoms with E-state index in [0.29, 0.717) is 12.1 Å². The Balaban J connectivity index is 2.30. The van der Waals surface area contributed by atoms with Crippen LogP contribution >= 0.6 is 0 Å². The summed E-state index contributed by atoms with van der Waals surface area (Å²) in [6, 6.07) is 5.06. The zero-order valence-electron chi connectivity index (χ0n) is 9.15. The maximum Gasteiger partial charge on any atom is 0.151 e. The molecule has 0 bridgehead atoms. The summed E-state index contributed by atoms with van der Waals surface area (Å²) in [5, 5.41) is 0. The summed E-state index contributed by atoms with van der Waals surface area (Å²) < 4.78 is 15.6. The van der Waals surface area contributed by atoms with Gasteiger partial charge in [0, 0.05) is 24.4 Å². The molecule has 0 spiro atoms. The van der Waals surface area contributed by atoms with E-state index in [9.17, 15) is 4.39 Å². The van der Waals surface area contributed by atoms with Gasteiger partial charge in [-0.05, 0) is 6.07 Å². The lowest BCUT2D eigenvalue weighted by Gasteiger charge is -2.08. The average Bonchev–Trinajstić information content (AvgIpc) is 2.72. The molecular weight excluding hydrogens is 205 g/mol. The molecule has 0 aliphatic carbocycles. The molecule has 0 aliphatic rings. The fourth-order valence-corrected chi connectivity index (χ4v) is 1.70. The van der Waals surface area contributed by atoms with Crippen LogP contribution < -0.4 is 5.73 Å². The first-order valence-electron chi connectivity index (χ1n) is 5.25. The van der Waals surface area contributed by atoms with Gasteiger partial charge in [-0.15, -0.1) is 0 Å². The van der Waals surface area contributed by atoms with Gasteiger partial charge in [-0.2, -0.15) is 0 Å². The number of benzene rings is 1. The Morgan fingerprint density at radius 2 is 2.25 bits per heavy atom. The number of halogens is 1. The van der Waals surface area contributed by atoms with Crippen LogP contribution in [0.3, 0.4) is 0 Å². The summed E-state index contributed by atoms with van der Waals surface area (Å²) in [7, 11) is 0. The van der Waals surface area contributed by atoms with Crippen molar-refractivity contribution in [3.8, 4) is 0 Å². The fourth-order valence-electron chi connectivity index (χ4n) is 1.70. The number of anilines is 1. The van der Waals surface area contributed by atoms with E-state index >= 15 is 0 Å². The van der Waals surface area contributed by atoms with E-state index in [4.69, 9.17) is 5.73 Å². The second-order valence-electron chi connectivity index (χ2n) is 3.65. The average molecular weight is 219 g/mol. The third kappa shape index (κ3) is 1.91. The minimum absolute atomic E-state index is 0.190. The number of imidazole rings is 1. The quantitative estimate of drug-likeness (QED) is 0.804. The maximum absolute atomic E-state index is 13.7. The highest BCUT2D eigenvalue weighted by atomic mass is 19.1. The maximum atomic E-state index is 13.7. The van der Waals surface area contributed by atoms with Gasteiger partial charge in [-0.25, -0.2) is 9.37 Å². The van der Waals surface area contributed by atoms with Crippen LogP contribution in [0.5, 0.6) is 0 Å². The SMILES string of the molecule is CCc1nccn1Cc1cccc(N)c1F. The van der Waals surface area contributed by atoms with Gasteiger partial charge in [-0.3, -0.25) is 0 Å². The third-order valence-electron chi connectivity index (χ3n) is 2.57. The lowest BCUT2D eigenvalue weighted by Crippen LogP contribution is -2.06. The Hall–Kier alpha value is -1.84. The van der Waals surface area contributed by atoms with E-state index in [0.717, 1.165) is 12.2 Å². The molecule has 3 nitrogen and oxygen atoms in total. The normalized spacial score (nSPS) is 10.6. The van der Waals surface area contributed by atoms with Crippen LogP contribution in [-0.2, 0) is 13.0 Å². The molecule has 0 aliphatic heterocycles. The molecule has 0 saturated carbocycles. The molecule has 2 aromatic rings. The monoisotopic (exact) mass is 219 g/mol. The highest BCUT2D eigenvalue weighted by Gasteiger charge is 2.07. The Morgan fingerprint density at radius 1 is 1.44 bits per heavy atom. The lowest BCUT2D eigenvalue weighted by molar-refractivity contribution is 0.599. The molecule has 0 atom stereocenters. The number of rotatable bonds is 3. The van der Waals surface area contributed by atoms with Gasteiger partial charge in [0.2, 0.25) is 0 Å². The van der Waals surface area contributed by atoms with Gasteiger partial charge in [0.15, 0.2) is 5.82 Å². The molecule has 1 aromatic carbocycles. The van der Waals surface area contributed by atoms with Crippen LogP contribution in [0.4, 0.5) is 10.1 Å². The Kier molecular flexibility index (Phi) is 2.90. The Morgan fingerprint density at radius 3 is 3.00 bits per heavy atom. The van der Waals surface area contributed by atoms with Crippen molar-refractivity contribution < 1.29 is 4.39 Å². The Bertz CT molecular complexity index is 491. The number of aryl methyl sites for hydroxylation is 1. The van der Waals surface area contributed by atoms with E-state index in [-0.39, 0.29) is 11.5 Å². The van der Waals surface area contributed by atoms with Crippen LogP contribution in [0.25, 0.3) is 0 Å². The minimum Gasteiger partial charge on any atom is -0.396 e. The van der Waals surface area contributed by atoms with Crippen molar-refractivity contribution >= 4 is 5.69 Å². The summed E-state index contributed by atoms with van der Waals surface area (Å²) in [5.74, 6) is 0.611. The van der Waals surface area contributed by atoms with Gasteiger partial charge in [-0.1, -0.05) is 19.1 Å². The van der Waals surface area contributed by atoms with E-state index in [1.165, 1.54) is 0 Å². The number of nitrogen functional groups attached to an aromatic ring is 1. The molecule has 1 heterocycles. The van der Waals surface area contributed by atoms with E-state index in [1.54, 1.807) is 24.4 Å². The van der Waals surface area contributed by atoms with Crippen molar-refractivity contribution in [3.05, 3.63) is 47.8 Å². The van der Waals surface area contributed by atoms with Crippen molar-refractivity contribution in [2.24, 2.45) is 0 Å². The van der Waals surface area contributed by atoms with Crippen LogP contribution in [0.1, 0.15) is 18.3 Å². The van der Waals surface area contributed by atoms with Crippen molar-refractivity contribution in [2.75, 3.05) is 5.73 Å². The first kappa shape index (κ1) is 10.7. The Labute approximate surface area is 93.7 Å². The minimum atomic E-state index is -0.335. The largest absolute Gasteiger partial charge is 0.396 e. The molecule has 4 heteroatoms. The molecule has 0 radical (unpaired) electrons. The molecule has 16 heavy (non-hydrogen) atoms. The molecule has 0 fully saturated rings. The number of hydrogen-bond donors (Lipinski definition) is 1. The fraction of sp³-hybridized carbons (Fsp3) is 0.250. The van der Waals surface area contributed by atoms with Gasteiger partial charge in [0.1, 0.15) is 5.82 Å². The van der Waals surface area contributed by atoms with Crippen LogP contribution in [0.2, 0.25) is 0 Å². The summed E-state index contributed by atoms with van der Waals surface area (Å²) >= 11 is 0. The summed E-state index contributed by atoms with van der Waals surface area (Å²) in [4.78, 5) is 4.19. The lowest BCUT2D eigenvalue weighted by atomic mass is 10.2. The number of nitrogens with two attached hydrogens (primary N) is 1. The van der Waals surface area contributed by atoms with Gasteiger partial charge < -0.3 is 10.3 Å². The summed E-state index contributed by atoms with van der Waals surface area (Å²) in [5.41, 5.74) is 6.30. The van der Waals surface area contributed by atoms with Crippen molar-refractivity contribution in [1.82, 2.24) is 9.55 Å². The number of hydrogen-bond acceptors (Lipinski definition) is 2. The zero-order valence-corrected chi connectivity index (χ0v) is 9.15. The van der Waals surface area contributed by atoms with Gasteiger partial charge in [0.05, 0.1) is 12.2 Å². The van der Waals surface area contributed by atoms with Crippen LogP contribution in [0, 0.1) is 5.82 Å². The summed E-state index contributed by atoms with van der Waals surface area (Å²) in [6.45, 7) is 2.49. The van der Waals surface area contributed by atoms with E-state index < -0.39 is 0 Å². The topological polar surface area (TPSA) is 43.8 Å².